The third kappa shape index (κ3) is 4.13. The lowest BCUT2D eigenvalue weighted by molar-refractivity contribution is -0.118. The molecule has 0 unspecified atom stereocenters. The average molecular weight is 420 g/mol. The van der Waals surface area contributed by atoms with Crippen molar-refractivity contribution in [1.29, 1.82) is 0 Å². The van der Waals surface area contributed by atoms with Gasteiger partial charge in [0.25, 0.3) is 0 Å². The predicted molar refractivity (Wildman–Crippen MR) is 116 cm³/mol. The highest BCUT2D eigenvalue weighted by molar-refractivity contribution is 7.99. The number of amides is 1. The lowest BCUT2D eigenvalue weighted by Gasteiger charge is -2.13. The minimum atomic E-state index is -0.723. The van der Waals surface area contributed by atoms with E-state index in [-0.39, 0.29) is 5.91 Å². The normalized spacial score (nSPS) is 12.1. The molecule has 7 nitrogen and oxygen atoms in total. The third-order valence-electron chi connectivity index (χ3n) is 4.58. The monoisotopic (exact) mass is 420 g/mol. The Morgan fingerprint density at radius 2 is 1.73 bits per heavy atom. The number of carbonyl (C=O) groups is 1. The lowest BCUT2D eigenvalue weighted by Crippen LogP contribution is -2.29. The summed E-state index contributed by atoms with van der Waals surface area (Å²) >= 11 is 1.46. The largest absolute Gasteiger partial charge is 0.420 e. The van der Waals surface area contributed by atoms with Gasteiger partial charge in [-0.05, 0) is 75.0 Å². The van der Waals surface area contributed by atoms with Gasteiger partial charge in [-0.25, -0.2) is 14.8 Å². The number of hydrogen-bond donors (Lipinski definition) is 1. The highest BCUT2D eigenvalue weighted by Crippen LogP contribution is 2.26. The number of para-hydroxylation sites is 2. The fourth-order valence-electron chi connectivity index (χ4n) is 3.17. The molecule has 1 N–H and O–H groups in total. The van der Waals surface area contributed by atoms with Gasteiger partial charge < -0.3 is 9.73 Å². The highest BCUT2D eigenvalue weighted by Gasteiger charge is 2.21. The van der Waals surface area contributed by atoms with Gasteiger partial charge in [-0.1, -0.05) is 12.1 Å². The number of aryl methyl sites for hydroxylation is 2. The average Bonchev–Trinajstić information content (AvgIpc) is 3.03. The van der Waals surface area contributed by atoms with Crippen LogP contribution < -0.4 is 11.1 Å². The summed E-state index contributed by atoms with van der Waals surface area (Å²) in [5, 5.41) is 3.53. The second-order valence-electron chi connectivity index (χ2n) is 6.93. The standard InChI is InChI=1S/C22H20N4O3S/c1-13-12-14(2)24-21(23-13)30-17-10-8-16(9-11-17)25-20(27)15(3)26-18-6-4-5-7-19(18)29-22(26)28/h4-12,15H,1-3H3,(H,25,27)/t15-/m0/s1. The molecule has 0 saturated heterocycles. The van der Waals surface area contributed by atoms with E-state index in [4.69, 9.17) is 4.42 Å². The van der Waals surface area contributed by atoms with E-state index >= 15 is 0 Å². The Hall–Kier alpha value is -3.39. The molecule has 30 heavy (non-hydrogen) atoms. The SMILES string of the molecule is Cc1cc(C)nc(Sc2ccc(NC(=O)[C@H](C)n3c(=O)oc4ccccc43)cc2)n1. The van der Waals surface area contributed by atoms with E-state index in [2.05, 4.69) is 15.3 Å². The number of benzene rings is 2. The molecule has 152 valence electrons. The Kier molecular flexibility index (Phi) is 5.41. The van der Waals surface area contributed by atoms with E-state index in [0.29, 0.717) is 21.9 Å². The van der Waals surface area contributed by atoms with Crippen molar-refractivity contribution in [3.63, 3.8) is 0 Å². The molecule has 0 spiro atoms. The van der Waals surface area contributed by atoms with Crippen LogP contribution in [0.1, 0.15) is 24.4 Å². The number of nitrogens with one attached hydrogen (secondary N) is 1. The number of nitrogens with zero attached hydrogens (tertiary/aromatic N) is 3. The van der Waals surface area contributed by atoms with E-state index < -0.39 is 11.8 Å². The van der Waals surface area contributed by atoms with Crippen LogP contribution in [0.15, 0.2) is 73.9 Å². The van der Waals surface area contributed by atoms with Crippen molar-refractivity contribution < 1.29 is 9.21 Å². The smallest absolute Gasteiger partial charge is 0.408 e. The van der Waals surface area contributed by atoms with Gasteiger partial charge in [-0.2, -0.15) is 0 Å². The maximum absolute atomic E-state index is 12.7. The Labute approximate surface area is 177 Å². The zero-order chi connectivity index (χ0) is 21.3. The summed E-state index contributed by atoms with van der Waals surface area (Å²) in [4.78, 5) is 34.7. The minimum Gasteiger partial charge on any atom is -0.408 e. The number of rotatable bonds is 5. The Morgan fingerprint density at radius 1 is 1.07 bits per heavy atom. The number of oxazole rings is 1. The number of fused-ring (bicyclic) bond motifs is 1. The van der Waals surface area contributed by atoms with E-state index in [1.165, 1.54) is 16.3 Å². The zero-order valence-corrected chi connectivity index (χ0v) is 17.6. The van der Waals surface area contributed by atoms with Crippen LogP contribution in [0, 0.1) is 13.8 Å². The maximum atomic E-state index is 12.7. The fraction of sp³-hybridized carbons (Fsp3) is 0.182. The first-order valence-electron chi connectivity index (χ1n) is 9.42. The summed E-state index contributed by atoms with van der Waals surface area (Å²) in [7, 11) is 0. The van der Waals surface area contributed by atoms with Crippen molar-refractivity contribution in [2.24, 2.45) is 0 Å². The molecule has 0 radical (unpaired) electrons. The molecule has 0 aliphatic heterocycles. The van der Waals surface area contributed by atoms with Gasteiger partial charge in [-0.3, -0.25) is 9.36 Å². The third-order valence-corrected chi connectivity index (χ3v) is 5.45. The van der Waals surface area contributed by atoms with Gasteiger partial charge in [0.15, 0.2) is 10.7 Å². The van der Waals surface area contributed by atoms with E-state index in [9.17, 15) is 9.59 Å². The number of hydrogen-bond acceptors (Lipinski definition) is 6. The van der Waals surface area contributed by atoms with E-state index in [1.807, 2.05) is 44.2 Å². The maximum Gasteiger partial charge on any atom is 0.420 e. The molecule has 0 bridgehead atoms. The quantitative estimate of drug-likeness (QED) is 0.483. The number of carbonyl (C=O) groups excluding carboxylic acids is 1. The van der Waals surface area contributed by atoms with Crippen LogP contribution in [-0.4, -0.2) is 20.4 Å². The van der Waals surface area contributed by atoms with Crippen molar-refractivity contribution in [2.45, 2.75) is 36.9 Å². The molecule has 2 aromatic carbocycles. The van der Waals surface area contributed by atoms with Crippen molar-refractivity contribution in [1.82, 2.24) is 14.5 Å². The van der Waals surface area contributed by atoms with Crippen molar-refractivity contribution >= 4 is 34.5 Å². The minimum absolute atomic E-state index is 0.304. The molecule has 4 aromatic rings. The van der Waals surface area contributed by atoms with Crippen molar-refractivity contribution in [3.8, 4) is 0 Å². The first-order chi connectivity index (χ1) is 14.4. The molecule has 1 atom stereocenters. The van der Waals surface area contributed by atoms with Gasteiger partial charge in [-0.15, -0.1) is 0 Å². The molecule has 8 heteroatoms. The van der Waals surface area contributed by atoms with Gasteiger partial charge in [0.05, 0.1) is 5.52 Å². The first-order valence-corrected chi connectivity index (χ1v) is 10.2. The summed E-state index contributed by atoms with van der Waals surface area (Å²) in [6, 6.07) is 15.7. The van der Waals surface area contributed by atoms with Gasteiger partial charge >= 0.3 is 5.76 Å². The van der Waals surface area contributed by atoms with Crippen LogP contribution in [0.25, 0.3) is 11.1 Å². The number of anilines is 1. The molecule has 4 rings (SSSR count). The predicted octanol–water partition coefficient (Wildman–Crippen LogP) is 4.35. The summed E-state index contributed by atoms with van der Waals surface area (Å²) in [5.74, 6) is -0.860. The van der Waals surface area contributed by atoms with Gasteiger partial charge in [0.1, 0.15) is 6.04 Å². The first kappa shape index (κ1) is 19.9. The lowest BCUT2D eigenvalue weighted by atomic mass is 10.2. The van der Waals surface area contributed by atoms with Crippen LogP contribution in [0.5, 0.6) is 0 Å². The van der Waals surface area contributed by atoms with Crippen LogP contribution in [0.2, 0.25) is 0 Å². The molecular weight excluding hydrogens is 400 g/mol. The summed E-state index contributed by atoms with van der Waals surface area (Å²) in [6.45, 7) is 5.54. The molecule has 0 saturated carbocycles. The summed E-state index contributed by atoms with van der Waals surface area (Å²) in [5.41, 5.74) is 3.52. The molecule has 2 aromatic heterocycles. The van der Waals surface area contributed by atoms with Crippen LogP contribution in [-0.2, 0) is 4.79 Å². The van der Waals surface area contributed by atoms with E-state index in [1.54, 1.807) is 31.2 Å². The molecule has 0 aliphatic carbocycles. The number of aromatic nitrogens is 3. The fourth-order valence-corrected chi connectivity index (χ4v) is 4.03. The highest BCUT2D eigenvalue weighted by atomic mass is 32.2. The van der Waals surface area contributed by atoms with Crippen molar-refractivity contribution in [2.75, 3.05) is 5.32 Å². The van der Waals surface area contributed by atoms with Gasteiger partial charge in [0, 0.05) is 22.0 Å². The summed E-state index contributed by atoms with van der Waals surface area (Å²) in [6.07, 6.45) is 0. The van der Waals surface area contributed by atoms with Crippen LogP contribution in [0.4, 0.5) is 5.69 Å². The Balaban J connectivity index is 1.48. The molecule has 0 fully saturated rings. The molecule has 1 amide bonds. The van der Waals surface area contributed by atoms with Crippen LogP contribution >= 0.6 is 11.8 Å². The van der Waals surface area contributed by atoms with Crippen LogP contribution in [0.3, 0.4) is 0 Å². The molecule has 0 aliphatic rings. The second-order valence-corrected chi connectivity index (χ2v) is 7.97. The Morgan fingerprint density at radius 3 is 2.43 bits per heavy atom. The topological polar surface area (TPSA) is 90.0 Å². The molecular formula is C22H20N4O3S. The van der Waals surface area contributed by atoms with Gasteiger partial charge in [0.2, 0.25) is 5.91 Å². The zero-order valence-electron chi connectivity index (χ0n) is 16.7. The Bertz CT molecular complexity index is 1260. The molecule has 2 heterocycles. The second kappa shape index (κ2) is 8.16. The summed E-state index contributed by atoms with van der Waals surface area (Å²) < 4.78 is 6.58. The van der Waals surface area contributed by atoms with E-state index in [0.717, 1.165) is 16.3 Å². The van der Waals surface area contributed by atoms with Crippen molar-refractivity contribution in [3.05, 3.63) is 76.5 Å².